The van der Waals surface area contributed by atoms with Crippen LogP contribution in [0.5, 0.6) is 0 Å². The third-order valence-electron chi connectivity index (χ3n) is 6.99. The number of aromatic nitrogens is 1. The van der Waals surface area contributed by atoms with Gasteiger partial charge in [0.05, 0.1) is 16.1 Å². The summed E-state index contributed by atoms with van der Waals surface area (Å²) in [6, 6.07) is 22.4. The average molecular weight is 459 g/mol. The first-order valence-corrected chi connectivity index (χ1v) is 12.0. The van der Waals surface area contributed by atoms with E-state index in [1.807, 2.05) is 11.0 Å². The van der Waals surface area contributed by atoms with Crippen LogP contribution in [0.25, 0.3) is 20.8 Å². The van der Waals surface area contributed by atoms with E-state index in [2.05, 4.69) is 48.5 Å². The lowest BCUT2D eigenvalue weighted by molar-refractivity contribution is -0.147. The van der Waals surface area contributed by atoms with Gasteiger partial charge in [0.25, 0.3) is 0 Å². The second-order valence-electron chi connectivity index (χ2n) is 9.19. The Bertz CT molecular complexity index is 1360. The van der Waals surface area contributed by atoms with Gasteiger partial charge in [-0.2, -0.15) is 0 Å². The molecule has 1 saturated heterocycles. The first kappa shape index (κ1) is 20.5. The zero-order valence-electron chi connectivity index (χ0n) is 18.0. The zero-order valence-corrected chi connectivity index (χ0v) is 18.8. The van der Waals surface area contributed by atoms with Gasteiger partial charge in [0, 0.05) is 30.6 Å². The van der Waals surface area contributed by atoms with E-state index < -0.39 is 5.97 Å². The molecule has 0 spiro atoms. The van der Waals surface area contributed by atoms with Crippen molar-refractivity contribution in [3.05, 3.63) is 89.2 Å². The van der Waals surface area contributed by atoms with Crippen molar-refractivity contribution in [2.24, 2.45) is 5.92 Å². The van der Waals surface area contributed by atoms with E-state index in [-0.39, 0.29) is 17.2 Å². The summed E-state index contributed by atoms with van der Waals surface area (Å²) in [6.07, 6.45) is 2.29. The number of fused-ring (bicyclic) bond motifs is 1. The first-order valence-electron chi connectivity index (χ1n) is 11.2. The number of carboxylic acid groups (broad SMARTS) is 1. The molecular weight excluding hydrogens is 435 g/mol. The molecule has 6 rings (SSSR count). The summed E-state index contributed by atoms with van der Waals surface area (Å²) >= 11 is 1.53. The van der Waals surface area contributed by atoms with E-state index >= 15 is 0 Å². The minimum absolute atomic E-state index is 0.100. The number of rotatable bonds is 6. The van der Waals surface area contributed by atoms with Crippen LogP contribution >= 0.6 is 11.3 Å². The molecule has 0 amide bonds. The largest absolute Gasteiger partial charge is 0.481 e. The molecule has 0 radical (unpaired) electrons. The van der Waals surface area contributed by atoms with Crippen LogP contribution in [-0.4, -0.2) is 34.0 Å². The van der Waals surface area contributed by atoms with Crippen LogP contribution in [0.2, 0.25) is 0 Å². The van der Waals surface area contributed by atoms with Crippen molar-refractivity contribution in [2.45, 2.75) is 24.8 Å². The Morgan fingerprint density at radius 3 is 2.55 bits per heavy atom. The number of benzene rings is 3. The Balaban J connectivity index is 1.25. The summed E-state index contributed by atoms with van der Waals surface area (Å²) in [4.78, 5) is 17.7. The molecule has 1 saturated carbocycles. The highest BCUT2D eigenvalue weighted by molar-refractivity contribution is 7.21. The smallest absolute Gasteiger partial charge is 0.309 e. The Labute approximate surface area is 195 Å². The highest BCUT2D eigenvalue weighted by atomic mass is 32.1. The molecule has 0 bridgehead atoms. The van der Waals surface area contributed by atoms with E-state index in [1.54, 1.807) is 12.1 Å². The maximum Gasteiger partial charge on any atom is 0.309 e. The number of hydrogen-bond donors (Lipinski definition) is 1. The maximum atomic E-state index is 15.0. The molecular formula is C27H23FN2O2S. The maximum absolute atomic E-state index is 15.0. The minimum atomic E-state index is -0.761. The van der Waals surface area contributed by atoms with Gasteiger partial charge in [-0.25, -0.2) is 9.37 Å². The third kappa shape index (κ3) is 3.63. The molecule has 0 unspecified atom stereocenters. The molecule has 33 heavy (non-hydrogen) atoms. The number of carbonyl (C=O) groups is 1. The van der Waals surface area contributed by atoms with Crippen molar-refractivity contribution in [3.8, 4) is 10.6 Å². The molecule has 6 heteroatoms. The predicted octanol–water partition coefficient (Wildman–Crippen LogP) is 5.70. The van der Waals surface area contributed by atoms with E-state index in [4.69, 9.17) is 10.1 Å². The van der Waals surface area contributed by atoms with Crippen LogP contribution in [0.15, 0.2) is 66.7 Å². The van der Waals surface area contributed by atoms with Gasteiger partial charge >= 0.3 is 5.97 Å². The quantitative estimate of drug-likeness (QED) is 0.403. The third-order valence-corrected chi connectivity index (χ3v) is 8.05. The lowest BCUT2D eigenvalue weighted by Crippen LogP contribution is -2.49. The van der Waals surface area contributed by atoms with Crippen LogP contribution in [0.1, 0.15) is 29.5 Å². The van der Waals surface area contributed by atoms with Gasteiger partial charge in [-0.15, -0.1) is 11.3 Å². The molecule has 1 aromatic heterocycles. The standard InChI is InChI=1S/C27H23FN2O2S/c28-22-12-17(14-30-15-18(16-30)26(31)32)6-8-21(22)25-29-23-9-7-20(13-24(23)33-25)27(10-11-27)19-4-2-1-3-5-19/h1-9,12-13,18H,10-11,14-16H2,(H,31,32). The van der Waals surface area contributed by atoms with Gasteiger partial charge in [0.2, 0.25) is 0 Å². The summed E-state index contributed by atoms with van der Waals surface area (Å²) in [5, 5.41) is 9.70. The number of aliphatic carboxylic acids is 1. The van der Waals surface area contributed by atoms with Crippen LogP contribution in [0.3, 0.4) is 0 Å². The van der Waals surface area contributed by atoms with Crippen molar-refractivity contribution in [1.29, 1.82) is 0 Å². The number of halogens is 1. The lowest BCUT2D eigenvalue weighted by Gasteiger charge is -2.36. The van der Waals surface area contributed by atoms with Crippen LogP contribution in [-0.2, 0) is 16.8 Å². The van der Waals surface area contributed by atoms with E-state index in [9.17, 15) is 9.18 Å². The average Bonchev–Trinajstić information content (AvgIpc) is 3.49. The second-order valence-corrected chi connectivity index (χ2v) is 10.2. The molecule has 166 valence electrons. The number of thiazole rings is 1. The Kier molecular flexibility index (Phi) is 4.82. The summed E-state index contributed by atoms with van der Waals surface area (Å²) in [7, 11) is 0. The van der Waals surface area contributed by atoms with Gasteiger partial charge in [0.1, 0.15) is 10.8 Å². The second kappa shape index (κ2) is 7.75. The zero-order chi connectivity index (χ0) is 22.6. The Morgan fingerprint density at radius 2 is 1.85 bits per heavy atom. The van der Waals surface area contributed by atoms with Gasteiger partial charge < -0.3 is 5.11 Å². The Morgan fingerprint density at radius 1 is 1.06 bits per heavy atom. The van der Waals surface area contributed by atoms with E-state index in [1.165, 1.54) is 22.5 Å². The van der Waals surface area contributed by atoms with Crippen molar-refractivity contribution in [3.63, 3.8) is 0 Å². The molecule has 1 aliphatic carbocycles. The summed E-state index contributed by atoms with van der Waals surface area (Å²) in [5.41, 5.74) is 5.02. The van der Waals surface area contributed by atoms with Crippen molar-refractivity contribution < 1.29 is 14.3 Å². The molecule has 2 fully saturated rings. The van der Waals surface area contributed by atoms with Gasteiger partial charge in [-0.05, 0) is 53.8 Å². The van der Waals surface area contributed by atoms with Crippen LogP contribution < -0.4 is 0 Å². The molecule has 0 atom stereocenters. The molecule has 1 N–H and O–H groups in total. The molecule has 2 aliphatic rings. The summed E-state index contributed by atoms with van der Waals surface area (Å²) in [6.45, 7) is 1.60. The van der Waals surface area contributed by atoms with Crippen molar-refractivity contribution in [1.82, 2.24) is 9.88 Å². The SMILES string of the molecule is O=C(O)C1CN(Cc2ccc(-c3nc4ccc(C5(c6ccccc6)CC5)cc4s3)c(F)c2)C1. The molecule has 4 aromatic rings. The lowest BCUT2D eigenvalue weighted by atomic mass is 9.88. The molecule has 1 aliphatic heterocycles. The van der Waals surface area contributed by atoms with Crippen LogP contribution in [0, 0.1) is 11.7 Å². The van der Waals surface area contributed by atoms with Gasteiger partial charge in [0.15, 0.2) is 0 Å². The number of carboxylic acids is 1. The summed E-state index contributed by atoms with van der Waals surface area (Å²) in [5.74, 6) is -1.35. The fourth-order valence-electron chi connectivity index (χ4n) is 4.91. The predicted molar refractivity (Wildman–Crippen MR) is 128 cm³/mol. The topological polar surface area (TPSA) is 53.4 Å². The fourth-order valence-corrected chi connectivity index (χ4v) is 5.94. The fraction of sp³-hybridized carbons (Fsp3) is 0.259. The van der Waals surface area contributed by atoms with Gasteiger partial charge in [-0.1, -0.05) is 42.5 Å². The number of hydrogen-bond acceptors (Lipinski definition) is 4. The van der Waals surface area contributed by atoms with E-state index in [0.717, 1.165) is 28.6 Å². The molecule has 4 nitrogen and oxygen atoms in total. The normalized spacial score (nSPS) is 17.7. The van der Waals surface area contributed by atoms with Gasteiger partial charge in [-0.3, -0.25) is 9.69 Å². The Hall–Kier alpha value is -3.09. The highest BCUT2D eigenvalue weighted by Crippen LogP contribution is 2.54. The first-order chi connectivity index (χ1) is 16.0. The van der Waals surface area contributed by atoms with Crippen molar-refractivity contribution in [2.75, 3.05) is 13.1 Å². The minimum Gasteiger partial charge on any atom is -0.481 e. The molecule has 3 aromatic carbocycles. The monoisotopic (exact) mass is 458 g/mol. The van der Waals surface area contributed by atoms with E-state index in [0.29, 0.717) is 30.2 Å². The number of nitrogens with zero attached hydrogens (tertiary/aromatic N) is 2. The molecule has 2 heterocycles. The van der Waals surface area contributed by atoms with Crippen LogP contribution in [0.4, 0.5) is 4.39 Å². The number of likely N-dealkylation sites (tertiary alicyclic amines) is 1. The summed E-state index contributed by atoms with van der Waals surface area (Å²) < 4.78 is 16.1. The highest BCUT2D eigenvalue weighted by Gasteiger charge is 2.45. The van der Waals surface area contributed by atoms with Crippen molar-refractivity contribution >= 4 is 27.5 Å².